The number of carbonyl (C=O) groups is 2. The van der Waals surface area contributed by atoms with Crippen LogP contribution < -0.4 is 10.6 Å². The topological polar surface area (TPSA) is 90.7 Å². The van der Waals surface area contributed by atoms with Crippen molar-refractivity contribution in [1.29, 1.82) is 0 Å². The smallest absolute Gasteiger partial charge is 0.273 e. The number of amides is 2. The van der Waals surface area contributed by atoms with E-state index in [0.717, 1.165) is 44.0 Å². The van der Waals surface area contributed by atoms with Gasteiger partial charge in [-0.1, -0.05) is 30.3 Å². The highest BCUT2D eigenvalue weighted by molar-refractivity contribution is 5.97. The monoisotopic (exact) mass is 383 g/mol. The summed E-state index contributed by atoms with van der Waals surface area (Å²) in [5, 5.41) is 9.66. The van der Waals surface area contributed by atoms with E-state index in [-0.39, 0.29) is 30.0 Å². The number of likely N-dealkylation sites (N-methyl/N-ethyl adjacent to an activating group) is 1. The van der Waals surface area contributed by atoms with Crippen LogP contribution in [0.2, 0.25) is 0 Å². The number of fused-ring (bicyclic) bond motifs is 1. The Morgan fingerprint density at radius 2 is 2.00 bits per heavy atom. The number of nitrogens with one attached hydrogen (secondary N) is 2. The molecule has 1 atom stereocenters. The summed E-state index contributed by atoms with van der Waals surface area (Å²) in [6.07, 6.45) is 0.204. The molecule has 1 unspecified atom stereocenters. The average Bonchev–Trinajstić information content (AvgIpc) is 3.17. The van der Waals surface area contributed by atoms with Crippen LogP contribution in [0.25, 0.3) is 0 Å². The first-order chi connectivity index (χ1) is 13.6. The molecule has 2 N–H and O–H groups in total. The second-order valence-electron chi connectivity index (χ2n) is 7.25. The molecule has 0 bridgehead atoms. The van der Waals surface area contributed by atoms with Crippen LogP contribution >= 0.6 is 0 Å². The van der Waals surface area contributed by atoms with Crippen LogP contribution in [-0.4, -0.2) is 59.5 Å². The van der Waals surface area contributed by atoms with Gasteiger partial charge in [-0.2, -0.15) is 0 Å². The zero-order valence-electron chi connectivity index (χ0n) is 16.0. The largest absolute Gasteiger partial charge is 0.359 e. The van der Waals surface area contributed by atoms with Crippen molar-refractivity contribution in [3.05, 3.63) is 47.3 Å². The summed E-state index contributed by atoms with van der Waals surface area (Å²) in [4.78, 5) is 29.3. The Labute approximate surface area is 163 Å². The van der Waals surface area contributed by atoms with Gasteiger partial charge in [0.2, 0.25) is 5.91 Å². The van der Waals surface area contributed by atoms with Gasteiger partial charge >= 0.3 is 0 Å². The molecular formula is C20H25N5O3. The van der Waals surface area contributed by atoms with Crippen molar-refractivity contribution in [2.75, 3.05) is 38.0 Å². The van der Waals surface area contributed by atoms with Crippen molar-refractivity contribution in [2.45, 2.75) is 25.9 Å². The summed E-state index contributed by atoms with van der Waals surface area (Å²) in [5.74, 6) is 0.230. The third kappa shape index (κ3) is 4.07. The number of piperazine rings is 1. The van der Waals surface area contributed by atoms with Crippen LogP contribution in [0, 0.1) is 0 Å². The van der Waals surface area contributed by atoms with Crippen molar-refractivity contribution in [1.82, 2.24) is 20.3 Å². The first kappa shape index (κ1) is 18.6. The minimum absolute atomic E-state index is 0.115. The molecule has 1 saturated heterocycles. The molecule has 2 aliphatic heterocycles. The average molecular weight is 383 g/mol. The van der Waals surface area contributed by atoms with Crippen molar-refractivity contribution < 1.29 is 14.1 Å². The predicted molar refractivity (Wildman–Crippen MR) is 104 cm³/mol. The molecule has 0 radical (unpaired) electrons. The molecular weight excluding hydrogens is 358 g/mol. The molecule has 28 heavy (non-hydrogen) atoms. The molecule has 1 aromatic heterocycles. The molecule has 0 aliphatic carbocycles. The summed E-state index contributed by atoms with van der Waals surface area (Å²) < 4.78 is 5.38. The van der Waals surface area contributed by atoms with Gasteiger partial charge in [-0.05, 0) is 18.2 Å². The van der Waals surface area contributed by atoms with Gasteiger partial charge in [0, 0.05) is 37.9 Å². The molecule has 148 valence electrons. The van der Waals surface area contributed by atoms with E-state index in [4.69, 9.17) is 4.52 Å². The van der Waals surface area contributed by atoms with Gasteiger partial charge in [-0.25, -0.2) is 0 Å². The zero-order chi connectivity index (χ0) is 19.5. The van der Waals surface area contributed by atoms with Crippen LogP contribution in [0.5, 0.6) is 0 Å². The summed E-state index contributed by atoms with van der Waals surface area (Å²) in [6.45, 7) is 7.93. The van der Waals surface area contributed by atoms with Crippen molar-refractivity contribution >= 4 is 17.5 Å². The second-order valence-corrected chi connectivity index (χ2v) is 7.25. The van der Waals surface area contributed by atoms with Crippen molar-refractivity contribution in [3.8, 4) is 0 Å². The highest BCUT2D eigenvalue weighted by Gasteiger charge is 2.27. The number of para-hydroxylation sites is 1. The van der Waals surface area contributed by atoms with E-state index in [0.29, 0.717) is 12.3 Å². The van der Waals surface area contributed by atoms with Gasteiger partial charge < -0.3 is 20.1 Å². The molecule has 8 nitrogen and oxygen atoms in total. The Balaban J connectivity index is 1.38. The van der Waals surface area contributed by atoms with Gasteiger partial charge in [0.05, 0.1) is 19.0 Å². The van der Waals surface area contributed by atoms with E-state index in [1.54, 1.807) is 6.07 Å². The molecule has 2 amide bonds. The summed E-state index contributed by atoms with van der Waals surface area (Å²) in [5.41, 5.74) is 1.87. The molecule has 1 fully saturated rings. The molecule has 2 aliphatic rings. The maximum absolute atomic E-state index is 12.6. The lowest BCUT2D eigenvalue weighted by Gasteiger charge is -2.33. The van der Waals surface area contributed by atoms with Gasteiger partial charge in [-0.3, -0.25) is 14.5 Å². The van der Waals surface area contributed by atoms with Crippen molar-refractivity contribution in [2.24, 2.45) is 0 Å². The normalized spacial score (nSPS) is 20.5. The first-order valence-corrected chi connectivity index (χ1v) is 9.72. The van der Waals surface area contributed by atoms with E-state index >= 15 is 0 Å². The maximum Gasteiger partial charge on any atom is 0.273 e. The molecule has 4 rings (SSSR count). The van der Waals surface area contributed by atoms with E-state index in [2.05, 4.69) is 32.5 Å². The number of aromatic nitrogens is 1. The Morgan fingerprint density at radius 3 is 2.79 bits per heavy atom. The third-order valence-corrected chi connectivity index (χ3v) is 5.39. The molecule has 0 saturated carbocycles. The van der Waals surface area contributed by atoms with E-state index in [1.165, 1.54) is 0 Å². The SMILES string of the molecule is CCN1CCN(Cc2cc(C(=O)NC3CC(=O)Nc4ccccc43)no2)CC1. The Kier molecular flexibility index (Phi) is 5.40. The van der Waals surface area contributed by atoms with Gasteiger partial charge in [-0.15, -0.1) is 0 Å². The second kappa shape index (κ2) is 8.12. The van der Waals surface area contributed by atoms with Crippen LogP contribution in [0.4, 0.5) is 5.69 Å². The Bertz CT molecular complexity index is 857. The lowest BCUT2D eigenvalue weighted by molar-refractivity contribution is -0.116. The van der Waals surface area contributed by atoms with Gasteiger partial charge in [0.25, 0.3) is 5.91 Å². The fraction of sp³-hybridized carbons (Fsp3) is 0.450. The number of carbonyl (C=O) groups excluding carboxylic acids is 2. The third-order valence-electron chi connectivity index (χ3n) is 5.39. The standard InChI is InChI=1S/C20H25N5O3/c1-2-24-7-9-25(10-8-24)13-14-11-18(23-28-14)20(27)22-17-12-19(26)21-16-6-4-3-5-15(16)17/h3-6,11,17H,2,7-10,12-13H2,1H3,(H,21,26)(H,22,27). The predicted octanol–water partition coefficient (Wildman–Crippen LogP) is 1.63. The lowest BCUT2D eigenvalue weighted by atomic mass is 9.97. The Morgan fingerprint density at radius 1 is 1.25 bits per heavy atom. The lowest BCUT2D eigenvalue weighted by Crippen LogP contribution is -2.45. The highest BCUT2D eigenvalue weighted by atomic mass is 16.5. The fourth-order valence-corrected chi connectivity index (χ4v) is 3.75. The highest BCUT2D eigenvalue weighted by Crippen LogP contribution is 2.30. The van der Waals surface area contributed by atoms with Crippen LogP contribution in [0.3, 0.4) is 0 Å². The number of anilines is 1. The van der Waals surface area contributed by atoms with E-state index in [1.807, 2.05) is 24.3 Å². The molecule has 0 spiro atoms. The fourth-order valence-electron chi connectivity index (χ4n) is 3.75. The molecule has 8 heteroatoms. The van der Waals surface area contributed by atoms with Gasteiger partial charge in [0.15, 0.2) is 11.5 Å². The van der Waals surface area contributed by atoms with Gasteiger partial charge in [0.1, 0.15) is 0 Å². The van der Waals surface area contributed by atoms with E-state index < -0.39 is 0 Å². The first-order valence-electron chi connectivity index (χ1n) is 9.72. The number of hydrogen-bond acceptors (Lipinski definition) is 6. The number of nitrogens with zero attached hydrogens (tertiary/aromatic N) is 3. The summed E-state index contributed by atoms with van der Waals surface area (Å²) in [7, 11) is 0. The molecule has 2 aromatic rings. The number of benzene rings is 1. The summed E-state index contributed by atoms with van der Waals surface area (Å²) >= 11 is 0. The zero-order valence-corrected chi connectivity index (χ0v) is 16.0. The molecule has 1 aromatic carbocycles. The maximum atomic E-state index is 12.6. The minimum Gasteiger partial charge on any atom is -0.359 e. The quantitative estimate of drug-likeness (QED) is 0.816. The van der Waals surface area contributed by atoms with Crippen LogP contribution in [0.15, 0.2) is 34.9 Å². The molecule has 3 heterocycles. The number of hydrogen-bond donors (Lipinski definition) is 2. The summed E-state index contributed by atoms with van der Waals surface area (Å²) in [6, 6.07) is 8.80. The Hall–Kier alpha value is -2.71. The number of rotatable bonds is 5. The van der Waals surface area contributed by atoms with E-state index in [9.17, 15) is 9.59 Å². The van der Waals surface area contributed by atoms with Crippen molar-refractivity contribution in [3.63, 3.8) is 0 Å². The van der Waals surface area contributed by atoms with Crippen LogP contribution in [0.1, 0.15) is 41.2 Å². The van der Waals surface area contributed by atoms with Crippen LogP contribution in [-0.2, 0) is 11.3 Å². The minimum atomic E-state index is -0.375.